The number of hydrogen-bond acceptors (Lipinski definition) is 0. The quantitative estimate of drug-likeness (QED) is 0.355. The molecule has 0 saturated carbocycles. The molecule has 0 spiro atoms. The summed E-state index contributed by atoms with van der Waals surface area (Å²) in [5.41, 5.74) is 7.95. The Kier molecular flexibility index (Phi) is 2.31. The van der Waals surface area contributed by atoms with Crippen LogP contribution in [0.15, 0.2) is 78.9 Å². The van der Waals surface area contributed by atoms with E-state index < -0.39 is 0 Å². The van der Waals surface area contributed by atoms with Crippen molar-refractivity contribution in [3.05, 3.63) is 84.9 Å². The second kappa shape index (κ2) is 4.32. The summed E-state index contributed by atoms with van der Waals surface area (Å²) in [5, 5.41) is 2.71. The summed E-state index contributed by atoms with van der Waals surface area (Å²) in [6, 6.07) is 31.2. The third-order valence-corrected chi connectivity index (χ3v) is 4.58. The van der Waals surface area contributed by atoms with Crippen LogP contribution >= 0.6 is 0 Å². The molecule has 0 aliphatic heterocycles. The van der Waals surface area contributed by atoms with Crippen LogP contribution in [0.25, 0.3) is 44.2 Å². The Bertz CT molecular complexity index is 981. The van der Waals surface area contributed by atoms with Crippen molar-refractivity contribution in [2.45, 2.75) is 0 Å². The average Bonchev–Trinajstić information content (AvgIpc) is 2.93. The van der Waals surface area contributed by atoms with Gasteiger partial charge in [-0.15, -0.1) is 0 Å². The third-order valence-electron chi connectivity index (χ3n) is 4.58. The molecule has 0 N–H and O–H groups in total. The fourth-order valence-electron chi connectivity index (χ4n) is 3.63. The molecule has 0 heteroatoms. The van der Waals surface area contributed by atoms with Gasteiger partial charge in [-0.3, -0.25) is 0 Å². The maximum absolute atomic E-state index is 3.10. The molecule has 1 aliphatic rings. The lowest BCUT2D eigenvalue weighted by atomic mass is 9.94. The van der Waals surface area contributed by atoms with E-state index in [1.165, 1.54) is 44.2 Å². The molecular formula is C22H13. The number of fused-ring (bicyclic) bond motifs is 3. The smallest absolute Gasteiger partial charge is 0.00201 e. The van der Waals surface area contributed by atoms with Gasteiger partial charge in [0.25, 0.3) is 0 Å². The molecule has 1 aliphatic carbocycles. The Morgan fingerprint density at radius 3 is 1.91 bits per heavy atom. The molecule has 0 unspecified atom stereocenters. The van der Waals surface area contributed by atoms with E-state index in [2.05, 4.69) is 72.8 Å². The van der Waals surface area contributed by atoms with E-state index in [-0.39, 0.29) is 0 Å². The fourth-order valence-corrected chi connectivity index (χ4v) is 3.63. The summed E-state index contributed by atoms with van der Waals surface area (Å²) in [6.45, 7) is 0. The number of hydrogen-bond donors (Lipinski definition) is 0. The topological polar surface area (TPSA) is 0 Å². The van der Waals surface area contributed by atoms with Gasteiger partial charge in [-0.2, -0.15) is 0 Å². The van der Waals surface area contributed by atoms with Crippen LogP contribution < -0.4 is 0 Å². The summed E-state index contributed by atoms with van der Waals surface area (Å²) in [5.74, 6) is 0. The van der Waals surface area contributed by atoms with Crippen molar-refractivity contribution in [2.75, 3.05) is 0 Å². The third kappa shape index (κ3) is 1.47. The van der Waals surface area contributed by atoms with Gasteiger partial charge in [0.05, 0.1) is 0 Å². The minimum Gasteiger partial charge on any atom is -0.0616 e. The van der Waals surface area contributed by atoms with E-state index in [4.69, 9.17) is 0 Å². The summed E-state index contributed by atoms with van der Waals surface area (Å²) in [6.07, 6.45) is 0. The predicted octanol–water partition coefficient (Wildman–Crippen LogP) is 5.95. The van der Waals surface area contributed by atoms with Crippen LogP contribution in [0, 0.1) is 6.07 Å². The molecule has 0 saturated heterocycles. The summed E-state index contributed by atoms with van der Waals surface area (Å²) >= 11 is 0. The molecule has 5 rings (SSSR count). The molecule has 0 bridgehead atoms. The van der Waals surface area contributed by atoms with Gasteiger partial charge in [0.15, 0.2) is 0 Å². The highest BCUT2D eigenvalue weighted by Gasteiger charge is 2.21. The molecule has 101 valence electrons. The van der Waals surface area contributed by atoms with Crippen LogP contribution in [0.4, 0.5) is 0 Å². The normalized spacial score (nSPS) is 11.6. The first-order valence-electron chi connectivity index (χ1n) is 7.55. The largest absolute Gasteiger partial charge is 0.0616 e. The minimum absolute atomic E-state index is 1.25. The van der Waals surface area contributed by atoms with E-state index >= 15 is 0 Å². The molecule has 0 nitrogen and oxygen atoms in total. The molecule has 0 heterocycles. The van der Waals surface area contributed by atoms with Crippen molar-refractivity contribution in [1.29, 1.82) is 0 Å². The Labute approximate surface area is 129 Å². The molecule has 1 radical (unpaired) electrons. The van der Waals surface area contributed by atoms with Gasteiger partial charge in [0, 0.05) is 0 Å². The zero-order valence-electron chi connectivity index (χ0n) is 12.0. The first-order chi connectivity index (χ1) is 10.9. The number of benzene rings is 4. The summed E-state index contributed by atoms with van der Waals surface area (Å²) < 4.78 is 0. The lowest BCUT2D eigenvalue weighted by Crippen LogP contribution is -1.82. The Hall–Kier alpha value is -2.86. The zero-order chi connectivity index (χ0) is 14.5. The lowest BCUT2D eigenvalue weighted by Gasteiger charge is -2.09. The van der Waals surface area contributed by atoms with Crippen molar-refractivity contribution in [3.8, 4) is 33.4 Å². The SMILES string of the molecule is [c]1ccc(-c2ccc3c4c(cccc24)-c2ccccc2-3)cc1. The first-order valence-corrected chi connectivity index (χ1v) is 7.55. The van der Waals surface area contributed by atoms with Crippen molar-refractivity contribution in [1.82, 2.24) is 0 Å². The second-order valence-electron chi connectivity index (χ2n) is 5.72. The number of rotatable bonds is 1. The van der Waals surface area contributed by atoms with Crippen LogP contribution in [-0.2, 0) is 0 Å². The van der Waals surface area contributed by atoms with Gasteiger partial charge in [0.1, 0.15) is 0 Å². The monoisotopic (exact) mass is 277 g/mol. The molecule has 0 atom stereocenters. The van der Waals surface area contributed by atoms with Gasteiger partial charge in [-0.05, 0) is 50.2 Å². The molecule has 22 heavy (non-hydrogen) atoms. The van der Waals surface area contributed by atoms with Gasteiger partial charge < -0.3 is 0 Å². The molecule has 0 aromatic heterocycles. The standard InChI is InChI=1S/C22H13/c1-2-7-15(8-3-1)16-13-14-21-18-10-5-4-9-17(18)20-12-6-11-19(16)22(20)21/h2-14H. The van der Waals surface area contributed by atoms with E-state index in [1.54, 1.807) is 0 Å². The Morgan fingerprint density at radius 2 is 1.14 bits per heavy atom. The summed E-state index contributed by atoms with van der Waals surface area (Å²) in [4.78, 5) is 0. The lowest BCUT2D eigenvalue weighted by molar-refractivity contribution is 1.65. The van der Waals surface area contributed by atoms with Crippen molar-refractivity contribution in [2.24, 2.45) is 0 Å². The molecule has 0 fully saturated rings. The Morgan fingerprint density at radius 1 is 0.500 bits per heavy atom. The van der Waals surface area contributed by atoms with E-state index in [1.807, 2.05) is 12.1 Å². The van der Waals surface area contributed by atoms with E-state index in [9.17, 15) is 0 Å². The van der Waals surface area contributed by atoms with Crippen molar-refractivity contribution < 1.29 is 0 Å². The molecule has 0 amide bonds. The van der Waals surface area contributed by atoms with Gasteiger partial charge in [-0.25, -0.2) is 0 Å². The Balaban J connectivity index is 1.92. The highest BCUT2D eigenvalue weighted by atomic mass is 14.2. The average molecular weight is 277 g/mol. The molecule has 4 aromatic rings. The van der Waals surface area contributed by atoms with Crippen LogP contribution in [0.1, 0.15) is 0 Å². The fraction of sp³-hybridized carbons (Fsp3) is 0. The van der Waals surface area contributed by atoms with Gasteiger partial charge >= 0.3 is 0 Å². The maximum atomic E-state index is 3.10. The van der Waals surface area contributed by atoms with Gasteiger partial charge in [0.2, 0.25) is 0 Å². The zero-order valence-corrected chi connectivity index (χ0v) is 12.0. The highest BCUT2D eigenvalue weighted by Crippen LogP contribution is 2.48. The van der Waals surface area contributed by atoms with Crippen molar-refractivity contribution in [3.63, 3.8) is 0 Å². The van der Waals surface area contributed by atoms with Gasteiger partial charge in [-0.1, -0.05) is 78.9 Å². The van der Waals surface area contributed by atoms with Crippen LogP contribution in [-0.4, -0.2) is 0 Å². The minimum atomic E-state index is 1.25. The van der Waals surface area contributed by atoms with Crippen molar-refractivity contribution >= 4 is 10.8 Å². The molecule has 4 aromatic carbocycles. The second-order valence-corrected chi connectivity index (χ2v) is 5.72. The van der Waals surface area contributed by atoms with E-state index in [0.717, 1.165) is 0 Å². The molecular weight excluding hydrogens is 264 g/mol. The van der Waals surface area contributed by atoms with Crippen LogP contribution in [0.3, 0.4) is 0 Å². The maximum Gasteiger partial charge on any atom is -0.00201 e. The highest BCUT2D eigenvalue weighted by molar-refractivity contribution is 6.18. The first kappa shape index (κ1) is 11.8. The van der Waals surface area contributed by atoms with Crippen LogP contribution in [0.2, 0.25) is 0 Å². The predicted molar refractivity (Wildman–Crippen MR) is 92.7 cm³/mol. The van der Waals surface area contributed by atoms with E-state index in [0.29, 0.717) is 0 Å². The van der Waals surface area contributed by atoms with Crippen LogP contribution in [0.5, 0.6) is 0 Å². The summed E-state index contributed by atoms with van der Waals surface area (Å²) in [7, 11) is 0.